The van der Waals surface area contributed by atoms with Crippen LogP contribution in [0.4, 0.5) is 5.69 Å². The zero-order valence-corrected chi connectivity index (χ0v) is 13.0. The van der Waals surface area contributed by atoms with E-state index in [1.54, 1.807) is 0 Å². The SMILES string of the molecule is Cc1cc(Br)cc(NC(=O)c2cccn2C2CCC2)c1. The minimum atomic E-state index is -0.0422. The molecule has 0 atom stereocenters. The van der Waals surface area contributed by atoms with Gasteiger partial charge in [-0.25, -0.2) is 0 Å². The van der Waals surface area contributed by atoms with Gasteiger partial charge >= 0.3 is 0 Å². The molecule has 20 heavy (non-hydrogen) atoms. The Labute approximate surface area is 127 Å². The van der Waals surface area contributed by atoms with E-state index in [1.807, 2.05) is 43.5 Å². The van der Waals surface area contributed by atoms with Gasteiger partial charge in [0.05, 0.1) is 0 Å². The van der Waals surface area contributed by atoms with Gasteiger partial charge in [-0.2, -0.15) is 0 Å². The number of nitrogens with zero attached hydrogens (tertiary/aromatic N) is 1. The standard InChI is InChI=1S/C16H17BrN2O/c1-11-8-12(17)10-13(9-11)18-16(20)15-6-3-7-19(15)14-4-2-5-14/h3,6-10,14H,2,4-5H2,1H3,(H,18,20). The topological polar surface area (TPSA) is 34.0 Å². The minimum Gasteiger partial charge on any atom is -0.340 e. The van der Waals surface area contributed by atoms with Gasteiger partial charge in [0.2, 0.25) is 0 Å². The summed E-state index contributed by atoms with van der Waals surface area (Å²) in [5.74, 6) is -0.0422. The molecule has 1 saturated carbocycles. The lowest BCUT2D eigenvalue weighted by molar-refractivity contribution is 0.101. The minimum absolute atomic E-state index is 0.0422. The quantitative estimate of drug-likeness (QED) is 0.879. The van der Waals surface area contributed by atoms with E-state index >= 15 is 0 Å². The van der Waals surface area contributed by atoms with Gasteiger partial charge in [-0.3, -0.25) is 4.79 Å². The molecule has 1 aliphatic rings. The number of aryl methyl sites for hydroxylation is 1. The summed E-state index contributed by atoms with van der Waals surface area (Å²) in [5, 5.41) is 2.98. The van der Waals surface area contributed by atoms with Gasteiger partial charge in [0.15, 0.2) is 0 Å². The first-order valence-corrected chi connectivity index (χ1v) is 7.68. The molecule has 0 unspecified atom stereocenters. The van der Waals surface area contributed by atoms with E-state index in [1.165, 1.54) is 19.3 Å². The second kappa shape index (κ2) is 5.44. The van der Waals surface area contributed by atoms with Crippen LogP contribution in [0.1, 0.15) is 41.4 Å². The lowest BCUT2D eigenvalue weighted by Crippen LogP contribution is -2.23. The molecule has 0 aliphatic heterocycles. The molecule has 4 heteroatoms. The maximum atomic E-state index is 12.4. The molecule has 1 amide bonds. The van der Waals surface area contributed by atoms with E-state index in [2.05, 4.69) is 25.8 Å². The Morgan fingerprint density at radius 1 is 1.35 bits per heavy atom. The monoisotopic (exact) mass is 332 g/mol. The zero-order chi connectivity index (χ0) is 14.1. The van der Waals surface area contributed by atoms with Crippen molar-refractivity contribution < 1.29 is 4.79 Å². The fourth-order valence-corrected chi connectivity index (χ4v) is 3.18. The van der Waals surface area contributed by atoms with Crippen LogP contribution in [-0.2, 0) is 0 Å². The molecular formula is C16H17BrN2O. The van der Waals surface area contributed by atoms with Gasteiger partial charge in [0, 0.05) is 22.4 Å². The second-order valence-electron chi connectivity index (χ2n) is 5.36. The fraction of sp³-hybridized carbons (Fsp3) is 0.312. The highest BCUT2D eigenvalue weighted by molar-refractivity contribution is 9.10. The molecule has 0 radical (unpaired) electrons. The van der Waals surface area contributed by atoms with Crippen LogP contribution >= 0.6 is 15.9 Å². The molecule has 3 nitrogen and oxygen atoms in total. The molecule has 1 N–H and O–H groups in total. The van der Waals surface area contributed by atoms with Crippen LogP contribution in [0.3, 0.4) is 0 Å². The molecule has 1 aromatic carbocycles. The van der Waals surface area contributed by atoms with Crippen LogP contribution in [0.25, 0.3) is 0 Å². The first-order chi connectivity index (χ1) is 9.63. The van der Waals surface area contributed by atoms with Crippen molar-refractivity contribution in [3.63, 3.8) is 0 Å². The average molecular weight is 333 g/mol. The molecule has 1 heterocycles. The number of benzene rings is 1. The number of halogens is 1. The number of rotatable bonds is 3. The number of hydrogen-bond donors (Lipinski definition) is 1. The maximum absolute atomic E-state index is 12.4. The lowest BCUT2D eigenvalue weighted by Gasteiger charge is -2.28. The van der Waals surface area contributed by atoms with Crippen LogP contribution in [0, 0.1) is 6.92 Å². The van der Waals surface area contributed by atoms with Crippen LogP contribution < -0.4 is 5.32 Å². The summed E-state index contributed by atoms with van der Waals surface area (Å²) in [6.45, 7) is 2.01. The molecule has 1 aromatic heterocycles. The average Bonchev–Trinajstić information content (AvgIpc) is 2.73. The van der Waals surface area contributed by atoms with Crippen molar-refractivity contribution in [1.82, 2.24) is 4.57 Å². The Bertz CT molecular complexity index is 623. The molecule has 0 bridgehead atoms. The van der Waals surface area contributed by atoms with E-state index in [0.717, 1.165) is 21.4 Å². The van der Waals surface area contributed by atoms with Gasteiger partial charge in [-0.15, -0.1) is 0 Å². The highest BCUT2D eigenvalue weighted by Gasteiger charge is 2.23. The molecule has 2 aromatic rings. The van der Waals surface area contributed by atoms with Gasteiger partial charge < -0.3 is 9.88 Å². The lowest BCUT2D eigenvalue weighted by atomic mass is 9.93. The third-order valence-corrected chi connectivity index (χ3v) is 4.24. The van der Waals surface area contributed by atoms with E-state index in [0.29, 0.717) is 6.04 Å². The third-order valence-electron chi connectivity index (χ3n) is 3.78. The van der Waals surface area contributed by atoms with Crippen molar-refractivity contribution in [1.29, 1.82) is 0 Å². The number of nitrogens with one attached hydrogen (secondary N) is 1. The third kappa shape index (κ3) is 2.66. The number of carbonyl (C=O) groups is 1. The summed E-state index contributed by atoms with van der Waals surface area (Å²) in [4.78, 5) is 12.4. The summed E-state index contributed by atoms with van der Waals surface area (Å²) < 4.78 is 3.08. The number of amides is 1. The normalized spacial score (nSPS) is 14.9. The number of aromatic nitrogens is 1. The molecular weight excluding hydrogens is 316 g/mol. The van der Waals surface area contributed by atoms with Crippen LogP contribution in [-0.4, -0.2) is 10.5 Å². The zero-order valence-electron chi connectivity index (χ0n) is 11.4. The van der Waals surface area contributed by atoms with Crippen molar-refractivity contribution in [2.75, 3.05) is 5.32 Å². The predicted molar refractivity (Wildman–Crippen MR) is 84.2 cm³/mol. The molecule has 0 spiro atoms. The Hall–Kier alpha value is -1.55. The highest BCUT2D eigenvalue weighted by atomic mass is 79.9. The van der Waals surface area contributed by atoms with Gasteiger partial charge in [0.1, 0.15) is 5.69 Å². The highest BCUT2D eigenvalue weighted by Crippen LogP contribution is 2.33. The van der Waals surface area contributed by atoms with Crippen LogP contribution in [0.2, 0.25) is 0 Å². The summed E-state index contributed by atoms with van der Waals surface area (Å²) in [5.41, 5.74) is 2.68. The Morgan fingerprint density at radius 2 is 2.15 bits per heavy atom. The molecule has 104 valence electrons. The van der Waals surface area contributed by atoms with Gasteiger partial charge in [0.25, 0.3) is 5.91 Å². The first kappa shape index (κ1) is 13.4. The largest absolute Gasteiger partial charge is 0.340 e. The van der Waals surface area contributed by atoms with Gasteiger partial charge in [-0.05, 0) is 62.1 Å². The predicted octanol–water partition coefficient (Wildman–Crippen LogP) is 4.54. The van der Waals surface area contributed by atoms with Crippen molar-refractivity contribution in [3.05, 3.63) is 52.3 Å². The Morgan fingerprint density at radius 3 is 2.80 bits per heavy atom. The van der Waals surface area contributed by atoms with E-state index in [-0.39, 0.29) is 5.91 Å². The summed E-state index contributed by atoms with van der Waals surface area (Å²) >= 11 is 3.45. The molecule has 3 rings (SSSR count). The molecule has 1 fully saturated rings. The summed E-state index contributed by atoms with van der Waals surface area (Å²) in [6.07, 6.45) is 5.61. The Kier molecular flexibility index (Phi) is 3.66. The van der Waals surface area contributed by atoms with E-state index in [9.17, 15) is 4.79 Å². The smallest absolute Gasteiger partial charge is 0.272 e. The first-order valence-electron chi connectivity index (χ1n) is 6.89. The van der Waals surface area contributed by atoms with Crippen molar-refractivity contribution >= 4 is 27.5 Å². The number of hydrogen-bond acceptors (Lipinski definition) is 1. The van der Waals surface area contributed by atoms with E-state index < -0.39 is 0 Å². The van der Waals surface area contributed by atoms with Crippen molar-refractivity contribution in [2.45, 2.75) is 32.2 Å². The molecule has 0 saturated heterocycles. The van der Waals surface area contributed by atoms with E-state index in [4.69, 9.17) is 0 Å². The maximum Gasteiger partial charge on any atom is 0.272 e. The number of carbonyl (C=O) groups excluding carboxylic acids is 1. The van der Waals surface area contributed by atoms with Crippen LogP contribution in [0.5, 0.6) is 0 Å². The number of anilines is 1. The summed E-state index contributed by atoms with van der Waals surface area (Å²) in [7, 11) is 0. The van der Waals surface area contributed by atoms with Crippen LogP contribution in [0.15, 0.2) is 41.0 Å². The molecule has 1 aliphatic carbocycles. The summed E-state index contributed by atoms with van der Waals surface area (Å²) in [6, 6.07) is 10.2. The van der Waals surface area contributed by atoms with Crippen molar-refractivity contribution in [2.24, 2.45) is 0 Å². The second-order valence-corrected chi connectivity index (χ2v) is 6.27. The Balaban J connectivity index is 1.80. The fourth-order valence-electron chi connectivity index (χ4n) is 2.57. The van der Waals surface area contributed by atoms with Gasteiger partial charge in [-0.1, -0.05) is 15.9 Å². The van der Waals surface area contributed by atoms with Crippen molar-refractivity contribution in [3.8, 4) is 0 Å².